The van der Waals surface area contributed by atoms with E-state index in [1.54, 1.807) is 0 Å². The van der Waals surface area contributed by atoms with Gasteiger partial charge in [-0.15, -0.1) is 0 Å². The number of hydrogen-bond donors (Lipinski definition) is 3. The molecule has 0 spiro atoms. The number of rotatable bonds is 1. The molecule has 0 saturated heterocycles. The summed E-state index contributed by atoms with van der Waals surface area (Å²) in [4.78, 5) is 3.01. The number of nitrogen functional groups attached to an aromatic ring is 1. The first-order chi connectivity index (χ1) is 6.32. The molecule has 0 radical (unpaired) electrons. The van der Waals surface area contributed by atoms with Crippen LogP contribution in [0.1, 0.15) is 5.69 Å². The second-order valence-corrected chi connectivity index (χ2v) is 2.57. The number of anilines is 1. The summed E-state index contributed by atoms with van der Waals surface area (Å²) in [6.45, 7) is 0. The monoisotopic (exact) mass is 206 g/mol. The standard InChI is InChI=1S/C6H6BF3N2O2/c8-6(9,10)5-1-4(11)3(2-12-5)7(13)14/h1-2,13-14H,(H2,11,12). The zero-order chi connectivity index (χ0) is 10.9. The van der Waals surface area contributed by atoms with E-state index in [2.05, 4.69) is 4.98 Å². The topological polar surface area (TPSA) is 79.4 Å². The summed E-state index contributed by atoms with van der Waals surface area (Å²) in [5, 5.41) is 17.3. The summed E-state index contributed by atoms with van der Waals surface area (Å²) in [5.41, 5.74) is 3.38. The van der Waals surface area contributed by atoms with E-state index in [-0.39, 0.29) is 11.2 Å². The van der Waals surface area contributed by atoms with Gasteiger partial charge in [0.05, 0.1) is 0 Å². The highest BCUT2D eigenvalue weighted by molar-refractivity contribution is 6.60. The maximum atomic E-state index is 12.1. The largest absolute Gasteiger partial charge is 0.492 e. The minimum atomic E-state index is -4.59. The van der Waals surface area contributed by atoms with Crippen molar-refractivity contribution in [2.45, 2.75) is 6.18 Å². The third kappa shape index (κ3) is 2.15. The molecule has 0 aliphatic rings. The first-order valence-corrected chi connectivity index (χ1v) is 3.51. The zero-order valence-electron chi connectivity index (χ0n) is 6.78. The number of alkyl halides is 3. The molecule has 0 amide bonds. The minimum Gasteiger partial charge on any atom is -0.423 e. The molecule has 4 nitrogen and oxygen atoms in total. The summed E-state index contributed by atoms with van der Waals surface area (Å²) in [6, 6.07) is 0.550. The third-order valence-corrected chi connectivity index (χ3v) is 1.54. The highest BCUT2D eigenvalue weighted by Gasteiger charge is 2.33. The minimum absolute atomic E-state index is 0.252. The molecule has 8 heteroatoms. The molecule has 0 bridgehead atoms. The van der Waals surface area contributed by atoms with Crippen molar-refractivity contribution >= 4 is 18.3 Å². The number of nitrogens with zero attached hydrogens (tertiary/aromatic N) is 1. The Bertz CT molecular complexity index is 342. The first-order valence-electron chi connectivity index (χ1n) is 3.51. The number of nitrogens with two attached hydrogens (primary N) is 1. The number of pyridine rings is 1. The maximum Gasteiger partial charge on any atom is 0.492 e. The Hall–Kier alpha value is -1.28. The van der Waals surface area contributed by atoms with Crippen LogP contribution < -0.4 is 11.2 Å². The molecular formula is C6H6BF3N2O2. The molecule has 0 aliphatic carbocycles. The molecule has 14 heavy (non-hydrogen) atoms. The van der Waals surface area contributed by atoms with E-state index in [9.17, 15) is 13.2 Å². The van der Waals surface area contributed by atoms with Crippen LogP contribution in [-0.4, -0.2) is 22.2 Å². The van der Waals surface area contributed by atoms with Crippen LogP contribution in [0.2, 0.25) is 0 Å². The van der Waals surface area contributed by atoms with Crippen LogP contribution in [0.15, 0.2) is 12.3 Å². The number of aromatic nitrogens is 1. The lowest BCUT2D eigenvalue weighted by Gasteiger charge is -2.08. The van der Waals surface area contributed by atoms with Gasteiger partial charge in [0.1, 0.15) is 5.69 Å². The normalized spacial score (nSPS) is 11.5. The zero-order valence-corrected chi connectivity index (χ0v) is 6.78. The average molecular weight is 206 g/mol. The lowest BCUT2D eigenvalue weighted by molar-refractivity contribution is -0.141. The lowest BCUT2D eigenvalue weighted by atomic mass is 9.80. The Morgan fingerprint density at radius 1 is 1.36 bits per heavy atom. The van der Waals surface area contributed by atoms with Crippen molar-refractivity contribution < 1.29 is 23.2 Å². The summed E-state index contributed by atoms with van der Waals surface area (Å²) < 4.78 is 36.2. The van der Waals surface area contributed by atoms with Gasteiger partial charge in [-0.2, -0.15) is 13.2 Å². The number of halogens is 3. The van der Waals surface area contributed by atoms with Gasteiger partial charge in [-0.05, 0) is 6.07 Å². The molecule has 0 fully saturated rings. The van der Waals surface area contributed by atoms with Crippen molar-refractivity contribution in [1.29, 1.82) is 0 Å². The molecule has 0 unspecified atom stereocenters. The van der Waals surface area contributed by atoms with E-state index in [4.69, 9.17) is 15.8 Å². The summed E-state index contributed by atoms with van der Waals surface area (Å²) in [6.07, 6.45) is -3.91. The van der Waals surface area contributed by atoms with E-state index in [1.807, 2.05) is 0 Å². The van der Waals surface area contributed by atoms with Gasteiger partial charge in [-0.25, -0.2) is 0 Å². The van der Waals surface area contributed by atoms with Gasteiger partial charge < -0.3 is 15.8 Å². The molecular weight excluding hydrogens is 200 g/mol. The van der Waals surface area contributed by atoms with Crippen molar-refractivity contribution in [3.63, 3.8) is 0 Å². The fraction of sp³-hybridized carbons (Fsp3) is 0.167. The van der Waals surface area contributed by atoms with Gasteiger partial charge in [-0.1, -0.05) is 0 Å². The Balaban J connectivity index is 3.13. The van der Waals surface area contributed by atoms with Crippen LogP contribution in [0.25, 0.3) is 0 Å². The predicted octanol–water partition coefficient (Wildman–Crippen LogP) is -0.638. The summed E-state index contributed by atoms with van der Waals surface area (Å²) >= 11 is 0. The van der Waals surface area contributed by atoms with Gasteiger partial charge in [0.2, 0.25) is 0 Å². The second kappa shape index (κ2) is 3.47. The van der Waals surface area contributed by atoms with Crippen molar-refractivity contribution in [1.82, 2.24) is 4.98 Å². The van der Waals surface area contributed by atoms with Crippen molar-refractivity contribution in [3.05, 3.63) is 18.0 Å². The molecule has 0 saturated carbocycles. The van der Waals surface area contributed by atoms with Crippen molar-refractivity contribution in [2.24, 2.45) is 0 Å². The molecule has 4 N–H and O–H groups in total. The van der Waals surface area contributed by atoms with E-state index in [1.165, 1.54) is 0 Å². The number of hydrogen-bond acceptors (Lipinski definition) is 4. The van der Waals surface area contributed by atoms with E-state index in [0.717, 1.165) is 0 Å². The molecule has 1 rings (SSSR count). The molecule has 0 atom stereocenters. The molecule has 0 aromatic carbocycles. The molecule has 1 aromatic heterocycles. The predicted molar refractivity (Wildman–Crippen MR) is 43.5 cm³/mol. The van der Waals surface area contributed by atoms with Crippen LogP contribution >= 0.6 is 0 Å². The van der Waals surface area contributed by atoms with Gasteiger partial charge in [0, 0.05) is 17.3 Å². The average Bonchev–Trinajstić information content (AvgIpc) is 2.01. The van der Waals surface area contributed by atoms with Crippen molar-refractivity contribution in [3.8, 4) is 0 Å². The fourth-order valence-corrected chi connectivity index (χ4v) is 0.852. The van der Waals surface area contributed by atoms with Gasteiger partial charge in [0.25, 0.3) is 0 Å². The van der Waals surface area contributed by atoms with Crippen LogP contribution in [0.4, 0.5) is 18.9 Å². The van der Waals surface area contributed by atoms with Crippen LogP contribution in [0, 0.1) is 0 Å². The second-order valence-electron chi connectivity index (χ2n) is 2.57. The highest BCUT2D eigenvalue weighted by Crippen LogP contribution is 2.27. The van der Waals surface area contributed by atoms with Gasteiger partial charge >= 0.3 is 13.3 Å². The van der Waals surface area contributed by atoms with E-state index >= 15 is 0 Å². The quantitative estimate of drug-likeness (QED) is 0.534. The van der Waals surface area contributed by atoms with Gasteiger partial charge in [0.15, 0.2) is 0 Å². The van der Waals surface area contributed by atoms with Gasteiger partial charge in [-0.3, -0.25) is 4.98 Å². The third-order valence-electron chi connectivity index (χ3n) is 1.54. The summed E-state index contributed by atoms with van der Waals surface area (Å²) in [5.74, 6) is 0. The van der Waals surface area contributed by atoms with Crippen LogP contribution in [0.5, 0.6) is 0 Å². The molecule has 76 valence electrons. The highest BCUT2D eigenvalue weighted by atomic mass is 19.4. The maximum absolute atomic E-state index is 12.1. The first kappa shape index (κ1) is 10.8. The Labute approximate surface area is 77.3 Å². The lowest BCUT2D eigenvalue weighted by Crippen LogP contribution is -2.33. The van der Waals surface area contributed by atoms with E-state index in [0.29, 0.717) is 12.3 Å². The Kier molecular flexibility index (Phi) is 2.67. The Morgan fingerprint density at radius 2 is 1.93 bits per heavy atom. The van der Waals surface area contributed by atoms with Crippen LogP contribution in [0.3, 0.4) is 0 Å². The molecule has 0 aliphatic heterocycles. The molecule has 1 heterocycles. The van der Waals surface area contributed by atoms with Crippen molar-refractivity contribution in [2.75, 3.05) is 5.73 Å². The van der Waals surface area contributed by atoms with Crippen LogP contribution in [-0.2, 0) is 6.18 Å². The summed E-state index contributed by atoms with van der Waals surface area (Å²) in [7, 11) is -1.93. The fourth-order valence-electron chi connectivity index (χ4n) is 0.852. The Morgan fingerprint density at radius 3 is 2.29 bits per heavy atom. The smallest absolute Gasteiger partial charge is 0.423 e. The van der Waals surface area contributed by atoms with E-state index < -0.39 is 19.0 Å². The SMILES string of the molecule is Nc1cc(C(F)(F)F)ncc1B(O)O. The molecule has 1 aromatic rings.